The van der Waals surface area contributed by atoms with Crippen LogP contribution in [0.1, 0.15) is 240 Å². The summed E-state index contributed by atoms with van der Waals surface area (Å²) in [4.78, 5) is 203. The number of phenolic OH excluding ortho intramolecular Hbond substituents is 2. The predicted octanol–water partition coefficient (Wildman–Crippen LogP) is 9.18. The minimum Gasteiger partial charge on any atom is -0.506 e. The molecule has 8 amide bonds. The molecule has 2 aromatic heterocycles. The molecule has 6 rings (SSSR count). The summed E-state index contributed by atoms with van der Waals surface area (Å²) in [5.74, 6) is -8.14. The van der Waals surface area contributed by atoms with Gasteiger partial charge >= 0.3 is 23.9 Å². The van der Waals surface area contributed by atoms with E-state index in [0.717, 1.165) is 61.4 Å². The fraction of sp³-hybridized carbons (Fsp3) is 0.605. The number of carbonyl (C=O) groups is 14. The first-order valence-electron chi connectivity index (χ1n) is 41.3. The summed E-state index contributed by atoms with van der Waals surface area (Å²) in [5, 5.41) is 61.9. The molecule has 658 valence electrons. The fourth-order valence-corrected chi connectivity index (χ4v) is 16.5. The Hall–Kier alpha value is -10.2. The number of likely N-dealkylation sites (tertiary alicyclic amines) is 2. The number of carboxylic acid groups (broad SMARTS) is 2. The van der Waals surface area contributed by atoms with E-state index in [1.54, 1.807) is 23.9 Å². The molecule has 14 atom stereocenters. The third-order valence-corrected chi connectivity index (χ3v) is 24.3. The number of aromatic nitrogens is 2. The second-order valence-electron chi connectivity index (χ2n) is 32.7. The zero-order valence-corrected chi connectivity index (χ0v) is 73.5. The van der Waals surface area contributed by atoms with Crippen molar-refractivity contribution in [3.05, 3.63) is 79.7 Å². The number of likely N-dealkylation sites (N-methyl/N-ethyl adjacent to an activating group) is 4. The van der Waals surface area contributed by atoms with Gasteiger partial charge in [-0.25, -0.2) is 9.97 Å². The van der Waals surface area contributed by atoms with Gasteiger partial charge in [-0.15, -0.1) is 22.7 Å². The molecule has 0 bridgehead atoms. The molecular formula is C86H122N12O20S2. The highest BCUT2D eigenvalue weighted by atomic mass is 32.1. The molecule has 2 fully saturated rings. The van der Waals surface area contributed by atoms with Crippen LogP contribution in [0.5, 0.6) is 11.5 Å². The molecule has 2 saturated heterocycles. The number of aliphatic carboxylic acids is 2. The number of ketones is 2. The van der Waals surface area contributed by atoms with Gasteiger partial charge < -0.3 is 71.6 Å². The highest BCUT2D eigenvalue weighted by Gasteiger charge is 2.41. The van der Waals surface area contributed by atoms with E-state index in [1.807, 2.05) is 79.3 Å². The van der Waals surface area contributed by atoms with Crippen LogP contribution in [0.15, 0.2) is 47.2 Å². The number of thiazole rings is 2. The first kappa shape index (κ1) is 98.6. The average molecular weight is 1710 g/mol. The van der Waals surface area contributed by atoms with Crippen molar-refractivity contribution in [3.8, 4) is 23.3 Å². The Bertz CT molecular complexity index is 4080. The fourth-order valence-electron chi connectivity index (χ4n) is 14.8. The maximum Gasteiger partial charge on any atom is 0.306 e. The highest BCUT2D eigenvalue weighted by Crippen LogP contribution is 2.35. The SMILES string of the molecule is CC[C@H](C)[C@H](NC(=O)[C@H]1CCCCN1C)C(=O)N(C)[C@H](C[C@@H](OC(C)=O)c1nc(C(=O)N[C@@H](Cc2ccc(O)c(NC(=O)CCC(=O)C#CC(=O)CCC(=O)Nc3cc(C[C@@H](CC(C)C(=O)O)NC(=O)c4csc([C@@H](C[C@H](C(C)C)N(C)C(=O)[C@@H](NC(=O)[C@H]5CCCCN5C)[C@@H](C)CC)OC(C)=O)n4)ccc3O)c2)CC(C)C(=O)O)cs1)C(C)C. The number of hydrogen-bond acceptors (Lipinski definition) is 24. The number of aromatic hydroxyl groups is 2. The maximum atomic E-state index is 14.5. The van der Waals surface area contributed by atoms with Gasteiger partial charge in [-0.2, -0.15) is 0 Å². The van der Waals surface area contributed by atoms with Crippen LogP contribution in [0, 0.1) is 47.3 Å². The quantitative estimate of drug-likeness (QED) is 0.00853. The molecule has 4 aromatic rings. The van der Waals surface area contributed by atoms with Gasteiger partial charge in [-0.1, -0.05) is 107 Å². The third kappa shape index (κ3) is 29.9. The summed E-state index contributed by atoms with van der Waals surface area (Å²) < 4.78 is 11.6. The lowest BCUT2D eigenvalue weighted by Gasteiger charge is -2.38. The first-order valence-corrected chi connectivity index (χ1v) is 43.0. The number of hydrogen-bond donors (Lipinski definition) is 10. The summed E-state index contributed by atoms with van der Waals surface area (Å²) >= 11 is 2.10. The number of rotatable bonds is 44. The third-order valence-electron chi connectivity index (χ3n) is 22.4. The number of benzene rings is 2. The number of amides is 8. The van der Waals surface area contributed by atoms with Gasteiger partial charge in [0.25, 0.3) is 11.8 Å². The van der Waals surface area contributed by atoms with Crippen LogP contribution in [0.4, 0.5) is 11.4 Å². The lowest BCUT2D eigenvalue weighted by Crippen LogP contribution is -2.58. The van der Waals surface area contributed by atoms with Crippen molar-refractivity contribution < 1.29 is 97.0 Å². The van der Waals surface area contributed by atoms with Crippen molar-refractivity contribution in [2.24, 2.45) is 35.5 Å². The Morgan fingerprint density at radius 3 is 1.20 bits per heavy atom. The number of carbonyl (C=O) groups excluding carboxylic acids is 12. The van der Waals surface area contributed by atoms with Crippen LogP contribution in [0.3, 0.4) is 0 Å². The topological polar surface area (TPSA) is 449 Å². The second-order valence-corrected chi connectivity index (χ2v) is 34.4. The van der Waals surface area contributed by atoms with Gasteiger partial charge in [0.1, 0.15) is 45.0 Å². The van der Waals surface area contributed by atoms with E-state index in [2.05, 4.69) is 53.7 Å². The number of nitrogens with zero attached hydrogens (tertiary/aromatic N) is 6. The zero-order chi connectivity index (χ0) is 89.1. The van der Waals surface area contributed by atoms with Gasteiger partial charge in [0.2, 0.25) is 47.0 Å². The molecule has 2 unspecified atom stereocenters. The molecular weight excluding hydrogens is 1590 g/mol. The van der Waals surface area contributed by atoms with Crippen molar-refractivity contribution in [3.63, 3.8) is 0 Å². The Labute approximate surface area is 710 Å². The minimum atomic E-state index is -1.14. The number of piperidine rings is 2. The number of carboxylic acids is 2. The molecule has 32 nitrogen and oxygen atoms in total. The number of ether oxygens (including phenoxy) is 2. The number of nitrogens with one attached hydrogen (secondary N) is 6. The molecule has 0 radical (unpaired) electrons. The first-order chi connectivity index (χ1) is 56.6. The molecule has 120 heavy (non-hydrogen) atoms. The van der Waals surface area contributed by atoms with Crippen LogP contribution in [0.2, 0.25) is 0 Å². The summed E-state index contributed by atoms with van der Waals surface area (Å²) in [6, 6.07) is 3.21. The highest BCUT2D eigenvalue weighted by molar-refractivity contribution is 7.10. The van der Waals surface area contributed by atoms with Gasteiger partial charge in [0, 0.05) is 101 Å². The van der Waals surface area contributed by atoms with E-state index in [0.29, 0.717) is 36.8 Å². The Morgan fingerprint density at radius 2 is 0.883 bits per heavy atom. The number of Topliss-reactive ketones (excluding diaryl/α,β-unsaturated/α-hetero) is 2. The van der Waals surface area contributed by atoms with E-state index < -0.39 is 145 Å². The largest absolute Gasteiger partial charge is 0.506 e. The van der Waals surface area contributed by atoms with Crippen LogP contribution in [0.25, 0.3) is 0 Å². The molecule has 2 aliphatic rings. The van der Waals surface area contributed by atoms with Gasteiger partial charge in [0.05, 0.1) is 35.3 Å². The second kappa shape index (κ2) is 47.1. The van der Waals surface area contributed by atoms with Crippen LogP contribution in [-0.4, -0.2) is 222 Å². The molecule has 0 spiro atoms. The van der Waals surface area contributed by atoms with Crippen LogP contribution < -0.4 is 31.9 Å². The van der Waals surface area contributed by atoms with Crippen molar-refractivity contribution in [2.75, 3.05) is 51.9 Å². The molecule has 34 heteroatoms. The molecule has 2 aromatic carbocycles. The number of esters is 2. The molecule has 2 aliphatic heterocycles. The van der Waals surface area contributed by atoms with E-state index in [9.17, 15) is 87.5 Å². The van der Waals surface area contributed by atoms with E-state index >= 15 is 0 Å². The molecule has 10 N–H and O–H groups in total. The lowest BCUT2D eigenvalue weighted by atomic mass is 9.92. The minimum absolute atomic E-state index is 0.00927. The molecule has 0 saturated carbocycles. The summed E-state index contributed by atoms with van der Waals surface area (Å²) in [5.41, 5.74) is 0.585. The normalized spacial score (nSPS) is 17.4. The van der Waals surface area contributed by atoms with Gasteiger partial charge in [0.15, 0.2) is 12.2 Å². The zero-order valence-electron chi connectivity index (χ0n) is 71.8. The lowest BCUT2D eigenvalue weighted by molar-refractivity contribution is -0.150. The number of phenols is 2. The van der Waals surface area contributed by atoms with Crippen LogP contribution in [-0.2, 0) is 79.8 Å². The Morgan fingerprint density at radius 1 is 0.525 bits per heavy atom. The van der Waals surface area contributed by atoms with E-state index in [4.69, 9.17) is 9.47 Å². The Kier molecular flexibility index (Phi) is 38.7. The predicted molar refractivity (Wildman–Crippen MR) is 451 cm³/mol. The summed E-state index contributed by atoms with van der Waals surface area (Å²) in [7, 11) is 7.10. The van der Waals surface area contributed by atoms with Crippen molar-refractivity contribution in [1.29, 1.82) is 0 Å². The van der Waals surface area contributed by atoms with Crippen LogP contribution >= 0.6 is 22.7 Å². The molecule has 0 aliphatic carbocycles. The van der Waals surface area contributed by atoms with Crippen molar-refractivity contribution in [1.82, 2.24) is 50.8 Å². The summed E-state index contributed by atoms with van der Waals surface area (Å²) in [6.07, 6.45) is 2.49. The standard InChI is InChI=1S/C86H122N12O20S2/c1-17-49(7)75(93-79(109)65-23-19-21-35-95(65)13)83(111)97(15)67(47(3)4)43-71(117-53(11)99)81-91-63(45-119-81)77(107)87-57(37-51(9)85(113)114)39-55-25-31-69(103)61(41-55)89-73(105)33-29-59(101)27-28-60(102)30-34-74(106)90-62-42-56(26-32-70(62)104)40-58(38-52(10)86(115)116)88-78(108)64-46-120-82(92-64)72(118-54(12)100)44-68(48(5)6)98(16)84(112)76(50(8)18-2)94-80(110)66-24-20-22-36-96(66)14/h25-26,31-32,41-42,45-52,57-58,65-68,71-72,75-76,103-104H,17-24,29-30,33-40,43-44H2,1-16H3,(H,87,107)(H,88,108)(H,89,105)(H,90,106)(H,93,109)(H,94,110)(H,113,114)(H,115,116)/t49-,50-,51?,52?,57+,58+,65+,66+,67+,68+,71+,72+,75-,76-/m0/s1. The number of anilines is 2. The average Bonchev–Trinajstić information content (AvgIpc) is 1.73. The van der Waals surface area contributed by atoms with Crippen molar-refractivity contribution in [2.45, 2.75) is 259 Å². The Balaban J connectivity index is 1.03. The van der Waals surface area contributed by atoms with Gasteiger partial charge in [-0.3, -0.25) is 76.9 Å². The maximum absolute atomic E-state index is 14.5. The summed E-state index contributed by atoms with van der Waals surface area (Å²) in [6.45, 7) is 22.3. The smallest absolute Gasteiger partial charge is 0.306 e. The van der Waals surface area contributed by atoms with Gasteiger partial charge in [-0.05, 0) is 149 Å². The van der Waals surface area contributed by atoms with E-state index in [-0.39, 0.29) is 142 Å². The molecule has 4 heterocycles. The monoisotopic (exact) mass is 1710 g/mol. The van der Waals surface area contributed by atoms with E-state index in [1.165, 1.54) is 74.9 Å². The van der Waals surface area contributed by atoms with Crippen molar-refractivity contribution >= 4 is 117 Å².